The van der Waals surface area contributed by atoms with Crippen molar-refractivity contribution in [2.45, 2.75) is 19.9 Å². The quantitative estimate of drug-likeness (QED) is 0.431. The maximum Gasteiger partial charge on any atom is 0.262 e. The van der Waals surface area contributed by atoms with Crippen LogP contribution < -0.4 is 15.5 Å². The van der Waals surface area contributed by atoms with Gasteiger partial charge < -0.3 is 10.1 Å². The Morgan fingerprint density at radius 2 is 2.07 bits per heavy atom. The Balaban J connectivity index is 2.00. The summed E-state index contributed by atoms with van der Waals surface area (Å²) in [5.41, 5.74) is 3.52. The van der Waals surface area contributed by atoms with E-state index in [1.165, 1.54) is 12.3 Å². The molecule has 30 heavy (non-hydrogen) atoms. The van der Waals surface area contributed by atoms with Gasteiger partial charge in [-0.15, -0.1) is 0 Å². The molecule has 2 amide bonds. The maximum atomic E-state index is 12.5. The zero-order chi connectivity index (χ0) is 22.1. The van der Waals surface area contributed by atoms with E-state index < -0.39 is 17.9 Å². The Morgan fingerprint density at radius 1 is 1.30 bits per heavy atom. The highest BCUT2D eigenvalue weighted by molar-refractivity contribution is 9.10. The summed E-state index contributed by atoms with van der Waals surface area (Å²) in [5, 5.41) is 15.7. The molecule has 0 fully saturated rings. The summed E-state index contributed by atoms with van der Waals surface area (Å²) in [6.07, 6.45) is 1.47. The molecule has 2 aromatic carbocycles. The first kappa shape index (κ1) is 23.4. The van der Waals surface area contributed by atoms with E-state index in [1.54, 1.807) is 36.4 Å². The summed E-state index contributed by atoms with van der Waals surface area (Å²) >= 11 is 9.27. The van der Waals surface area contributed by atoms with E-state index in [9.17, 15) is 9.59 Å². The predicted octanol–water partition coefficient (Wildman–Crippen LogP) is 3.91. The highest BCUT2D eigenvalue weighted by Crippen LogP contribution is 2.25. The molecule has 2 N–H and O–H groups in total. The number of benzene rings is 2. The van der Waals surface area contributed by atoms with Crippen molar-refractivity contribution in [3.63, 3.8) is 0 Å². The van der Waals surface area contributed by atoms with Gasteiger partial charge in [-0.2, -0.15) is 10.4 Å². The summed E-state index contributed by atoms with van der Waals surface area (Å²) in [6.45, 7) is 3.59. The number of amides is 2. The van der Waals surface area contributed by atoms with Gasteiger partial charge in [0.25, 0.3) is 11.8 Å². The number of hydrazone groups is 1. The second-order valence-corrected chi connectivity index (χ2v) is 7.87. The van der Waals surface area contributed by atoms with Crippen molar-refractivity contribution in [1.82, 2.24) is 10.7 Å². The van der Waals surface area contributed by atoms with E-state index in [0.717, 1.165) is 0 Å². The SMILES string of the molecule is CC(C)C(NC(=O)c1cccc(Cl)c1)C(=O)NN=Cc1ccc(OCC#N)c(Br)c1. The summed E-state index contributed by atoms with van der Waals surface area (Å²) in [7, 11) is 0. The molecule has 9 heteroatoms. The lowest BCUT2D eigenvalue weighted by Crippen LogP contribution is -2.48. The number of nitrogens with zero attached hydrogens (tertiary/aromatic N) is 2. The Morgan fingerprint density at radius 3 is 2.70 bits per heavy atom. The van der Waals surface area contributed by atoms with E-state index in [0.29, 0.717) is 26.4 Å². The topological polar surface area (TPSA) is 104 Å². The lowest BCUT2D eigenvalue weighted by Gasteiger charge is -2.20. The van der Waals surface area contributed by atoms with Gasteiger partial charge in [0, 0.05) is 10.6 Å². The molecule has 0 aromatic heterocycles. The van der Waals surface area contributed by atoms with Crippen molar-refractivity contribution in [3.8, 4) is 11.8 Å². The van der Waals surface area contributed by atoms with Crippen LogP contribution in [0.25, 0.3) is 0 Å². The van der Waals surface area contributed by atoms with Crippen LogP contribution in [0.3, 0.4) is 0 Å². The van der Waals surface area contributed by atoms with Crippen LogP contribution in [0.1, 0.15) is 29.8 Å². The third kappa shape index (κ3) is 6.87. The minimum absolute atomic E-state index is 0.0560. The molecule has 0 radical (unpaired) electrons. The Kier molecular flexibility index (Phi) is 8.84. The Hall–Kier alpha value is -2.89. The zero-order valence-electron chi connectivity index (χ0n) is 16.4. The zero-order valence-corrected chi connectivity index (χ0v) is 18.7. The van der Waals surface area contributed by atoms with Crippen LogP contribution in [0, 0.1) is 17.2 Å². The van der Waals surface area contributed by atoms with Crippen LogP contribution in [0.5, 0.6) is 5.75 Å². The summed E-state index contributed by atoms with van der Waals surface area (Å²) in [6, 6.07) is 12.8. The molecular formula is C21H20BrClN4O3. The second-order valence-electron chi connectivity index (χ2n) is 6.58. The van der Waals surface area contributed by atoms with Crippen molar-refractivity contribution in [2.24, 2.45) is 11.0 Å². The first-order valence-corrected chi connectivity index (χ1v) is 10.2. The number of ether oxygens (including phenoxy) is 1. The van der Waals surface area contributed by atoms with Crippen LogP contribution in [-0.2, 0) is 4.79 Å². The summed E-state index contributed by atoms with van der Waals surface area (Å²) in [4.78, 5) is 25.0. The average Bonchev–Trinajstić information content (AvgIpc) is 2.70. The van der Waals surface area contributed by atoms with Crippen LogP contribution in [-0.4, -0.2) is 30.7 Å². The lowest BCUT2D eigenvalue weighted by atomic mass is 10.0. The van der Waals surface area contributed by atoms with E-state index in [1.807, 2.05) is 19.9 Å². The van der Waals surface area contributed by atoms with Crippen molar-refractivity contribution < 1.29 is 14.3 Å². The van der Waals surface area contributed by atoms with Crippen LogP contribution >= 0.6 is 27.5 Å². The van der Waals surface area contributed by atoms with Gasteiger partial charge >= 0.3 is 0 Å². The minimum Gasteiger partial charge on any atom is -0.478 e. The van der Waals surface area contributed by atoms with E-state index in [-0.39, 0.29) is 12.5 Å². The number of rotatable bonds is 8. The van der Waals surface area contributed by atoms with Gasteiger partial charge in [0.2, 0.25) is 0 Å². The number of carbonyl (C=O) groups is 2. The third-order valence-corrected chi connectivity index (χ3v) is 4.81. The normalized spacial score (nSPS) is 11.7. The first-order chi connectivity index (χ1) is 14.3. The molecule has 0 spiro atoms. The molecule has 0 saturated carbocycles. The molecular weight excluding hydrogens is 472 g/mol. The number of carbonyl (C=O) groups excluding carboxylic acids is 2. The molecule has 2 rings (SSSR count). The van der Waals surface area contributed by atoms with Gasteiger partial charge in [-0.3, -0.25) is 9.59 Å². The fourth-order valence-electron chi connectivity index (χ4n) is 2.45. The van der Waals surface area contributed by atoms with Gasteiger partial charge in [0.1, 0.15) is 17.9 Å². The number of halogens is 2. The van der Waals surface area contributed by atoms with Crippen molar-refractivity contribution in [3.05, 3.63) is 63.1 Å². The highest BCUT2D eigenvalue weighted by Gasteiger charge is 2.24. The van der Waals surface area contributed by atoms with Gasteiger partial charge in [0.15, 0.2) is 6.61 Å². The van der Waals surface area contributed by atoms with Gasteiger partial charge in [-0.1, -0.05) is 31.5 Å². The minimum atomic E-state index is -0.776. The fourth-order valence-corrected chi connectivity index (χ4v) is 3.15. The molecule has 0 aliphatic rings. The summed E-state index contributed by atoms with van der Waals surface area (Å²) < 4.78 is 5.91. The third-order valence-electron chi connectivity index (χ3n) is 3.96. The van der Waals surface area contributed by atoms with Gasteiger partial charge in [-0.25, -0.2) is 5.43 Å². The molecule has 156 valence electrons. The predicted molar refractivity (Wildman–Crippen MR) is 119 cm³/mol. The number of nitrogens with one attached hydrogen (secondary N) is 2. The van der Waals surface area contributed by atoms with E-state index in [2.05, 4.69) is 31.8 Å². The molecule has 0 aliphatic carbocycles. The molecule has 0 saturated heterocycles. The molecule has 1 atom stereocenters. The largest absolute Gasteiger partial charge is 0.478 e. The molecule has 0 aliphatic heterocycles. The molecule has 2 aromatic rings. The van der Waals surface area contributed by atoms with Crippen LogP contribution in [0.4, 0.5) is 0 Å². The van der Waals surface area contributed by atoms with Crippen molar-refractivity contribution in [1.29, 1.82) is 5.26 Å². The second kappa shape index (κ2) is 11.3. The maximum absolute atomic E-state index is 12.5. The van der Waals surface area contributed by atoms with E-state index >= 15 is 0 Å². The molecule has 7 nitrogen and oxygen atoms in total. The lowest BCUT2D eigenvalue weighted by molar-refractivity contribution is -0.123. The smallest absolute Gasteiger partial charge is 0.262 e. The fraction of sp³-hybridized carbons (Fsp3) is 0.238. The van der Waals surface area contributed by atoms with Crippen LogP contribution in [0.15, 0.2) is 52.0 Å². The van der Waals surface area contributed by atoms with Gasteiger partial charge in [-0.05, 0) is 63.8 Å². The highest BCUT2D eigenvalue weighted by atomic mass is 79.9. The Labute approximate surface area is 188 Å². The Bertz CT molecular complexity index is 988. The van der Waals surface area contributed by atoms with Crippen molar-refractivity contribution in [2.75, 3.05) is 6.61 Å². The van der Waals surface area contributed by atoms with Gasteiger partial charge in [0.05, 0.1) is 10.7 Å². The molecule has 0 heterocycles. The molecule has 1 unspecified atom stereocenters. The number of hydrogen-bond donors (Lipinski definition) is 2. The summed E-state index contributed by atoms with van der Waals surface area (Å²) in [5.74, 6) is -0.465. The molecule has 0 bridgehead atoms. The number of nitriles is 1. The van der Waals surface area contributed by atoms with Crippen molar-refractivity contribution >= 4 is 45.6 Å². The van der Waals surface area contributed by atoms with E-state index in [4.69, 9.17) is 21.6 Å². The average molecular weight is 492 g/mol. The van der Waals surface area contributed by atoms with Crippen LogP contribution in [0.2, 0.25) is 5.02 Å². The standard InChI is InChI=1S/C21H20BrClN4O3/c1-13(2)19(26-20(28)15-4-3-5-16(23)11-15)21(29)27-25-12-14-6-7-18(17(22)10-14)30-9-8-24/h3-7,10-13,19H,9H2,1-2H3,(H,26,28)(H,27,29). The first-order valence-electron chi connectivity index (χ1n) is 9.00. The number of hydrogen-bond acceptors (Lipinski definition) is 5. The monoisotopic (exact) mass is 490 g/mol.